The average Bonchev–Trinajstić information content (AvgIpc) is 3.07. The Balaban J connectivity index is 2.02. The molecular formula is C19H28N4O3S. The van der Waals surface area contributed by atoms with Crippen molar-refractivity contribution >= 4 is 23.3 Å². The lowest BCUT2D eigenvalue weighted by Crippen LogP contribution is -2.51. The number of amides is 2. The lowest BCUT2D eigenvalue weighted by atomic mass is 9.96. The number of esters is 1. The molecule has 2 aliphatic heterocycles. The maximum atomic E-state index is 12.9. The fourth-order valence-corrected chi connectivity index (χ4v) is 4.30. The molecule has 0 bridgehead atoms. The van der Waals surface area contributed by atoms with Gasteiger partial charge in [-0.2, -0.15) is 11.3 Å². The molecule has 3 heterocycles. The van der Waals surface area contributed by atoms with Gasteiger partial charge in [-0.25, -0.2) is 9.59 Å². The predicted molar refractivity (Wildman–Crippen MR) is 106 cm³/mol. The Hall–Kier alpha value is -1.90. The van der Waals surface area contributed by atoms with Crippen molar-refractivity contribution in [3.63, 3.8) is 0 Å². The normalized spacial score (nSPS) is 21.8. The SMILES string of the molecule is CCOC(=O)C1=C(CN2CCCNCC2)N(CC)C(=O)NC1c1ccsc1. The van der Waals surface area contributed by atoms with Crippen LogP contribution in [0, 0.1) is 0 Å². The van der Waals surface area contributed by atoms with Gasteiger partial charge in [0.05, 0.1) is 18.2 Å². The Morgan fingerprint density at radius 3 is 2.89 bits per heavy atom. The van der Waals surface area contributed by atoms with Crippen LogP contribution in [0.15, 0.2) is 28.1 Å². The summed E-state index contributed by atoms with van der Waals surface area (Å²) in [5.41, 5.74) is 2.23. The van der Waals surface area contributed by atoms with E-state index in [1.54, 1.807) is 23.2 Å². The van der Waals surface area contributed by atoms with Crippen LogP contribution in [0.4, 0.5) is 4.79 Å². The second kappa shape index (κ2) is 9.34. The van der Waals surface area contributed by atoms with E-state index < -0.39 is 6.04 Å². The molecule has 1 aromatic rings. The summed E-state index contributed by atoms with van der Waals surface area (Å²) in [4.78, 5) is 29.7. The minimum Gasteiger partial charge on any atom is -0.463 e. The highest BCUT2D eigenvalue weighted by Gasteiger charge is 2.38. The van der Waals surface area contributed by atoms with Crippen molar-refractivity contribution in [1.82, 2.24) is 20.4 Å². The van der Waals surface area contributed by atoms with Gasteiger partial charge in [0, 0.05) is 31.9 Å². The van der Waals surface area contributed by atoms with E-state index in [2.05, 4.69) is 15.5 Å². The standard InChI is InChI=1S/C19H28N4O3S/c1-3-23-15(12-22-9-5-7-20-8-10-22)16(18(24)26-4-2)17(21-19(23)25)14-6-11-27-13-14/h6,11,13,17,20H,3-5,7-10,12H2,1-2H3,(H,21,25). The molecule has 2 amide bonds. The number of nitrogens with zero attached hydrogens (tertiary/aromatic N) is 2. The van der Waals surface area contributed by atoms with Crippen molar-refractivity contribution < 1.29 is 14.3 Å². The first-order valence-electron chi connectivity index (χ1n) is 9.59. The number of carbonyl (C=O) groups is 2. The van der Waals surface area contributed by atoms with E-state index in [9.17, 15) is 9.59 Å². The molecule has 1 fully saturated rings. The number of carbonyl (C=O) groups excluding carboxylic acids is 2. The molecule has 0 aromatic carbocycles. The Bertz CT molecular complexity index is 681. The minimum atomic E-state index is -0.467. The van der Waals surface area contributed by atoms with E-state index in [1.165, 1.54) is 0 Å². The summed E-state index contributed by atoms with van der Waals surface area (Å²) in [5, 5.41) is 10.3. The summed E-state index contributed by atoms with van der Waals surface area (Å²) in [6.45, 7) is 8.85. The molecule has 1 unspecified atom stereocenters. The van der Waals surface area contributed by atoms with Gasteiger partial charge in [-0.3, -0.25) is 9.80 Å². The Kier molecular flexibility index (Phi) is 6.87. The Morgan fingerprint density at radius 2 is 2.19 bits per heavy atom. The zero-order chi connectivity index (χ0) is 19.2. The third kappa shape index (κ3) is 4.51. The molecule has 8 heteroatoms. The Morgan fingerprint density at radius 1 is 1.33 bits per heavy atom. The maximum Gasteiger partial charge on any atom is 0.338 e. The number of hydrogen-bond donors (Lipinski definition) is 2. The molecule has 0 aliphatic carbocycles. The maximum absolute atomic E-state index is 12.9. The van der Waals surface area contributed by atoms with Crippen LogP contribution in [0.25, 0.3) is 0 Å². The molecule has 1 atom stereocenters. The van der Waals surface area contributed by atoms with E-state index in [4.69, 9.17) is 4.74 Å². The molecule has 0 radical (unpaired) electrons. The van der Waals surface area contributed by atoms with Gasteiger partial charge in [-0.15, -0.1) is 0 Å². The molecule has 27 heavy (non-hydrogen) atoms. The summed E-state index contributed by atoms with van der Waals surface area (Å²) in [5.74, 6) is -0.352. The number of nitrogens with one attached hydrogen (secondary N) is 2. The van der Waals surface area contributed by atoms with E-state index in [0.29, 0.717) is 25.3 Å². The highest BCUT2D eigenvalue weighted by atomic mass is 32.1. The lowest BCUT2D eigenvalue weighted by Gasteiger charge is -2.37. The summed E-state index contributed by atoms with van der Waals surface area (Å²) >= 11 is 1.55. The van der Waals surface area contributed by atoms with Crippen molar-refractivity contribution in [3.8, 4) is 0 Å². The number of likely N-dealkylation sites (N-methyl/N-ethyl adjacent to an activating group) is 1. The number of ether oxygens (including phenoxy) is 1. The molecule has 1 aromatic heterocycles. The van der Waals surface area contributed by atoms with Crippen LogP contribution < -0.4 is 10.6 Å². The predicted octanol–water partition coefficient (Wildman–Crippen LogP) is 1.95. The Labute approximate surface area is 164 Å². The van der Waals surface area contributed by atoms with Gasteiger partial charge in [0.1, 0.15) is 0 Å². The van der Waals surface area contributed by atoms with E-state index in [0.717, 1.165) is 43.9 Å². The van der Waals surface area contributed by atoms with Crippen molar-refractivity contribution in [1.29, 1.82) is 0 Å². The average molecular weight is 393 g/mol. The van der Waals surface area contributed by atoms with Gasteiger partial charge >= 0.3 is 12.0 Å². The molecule has 7 nitrogen and oxygen atoms in total. The molecular weight excluding hydrogens is 364 g/mol. The number of rotatable bonds is 6. The minimum absolute atomic E-state index is 0.162. The van der Waals surface area contributed by atoms with Crippen molar-refractivity contribution in [2.75, 3.05) is 45.9 Å². The first-order valence-corrected chi connectivity index (χ1v) is 10.5. The molecule has 3 rings (SSSR count). The molecule has 0 spiro atoms. The smallest absolute Gasteiger partial charge is 0.338 e. The van der Waals surface area contributed by atoms with Crippen LogP contribution in [0.3, 0.4) is 0 Å². The lowest BCUT2D eigenvalue weighted by molar-refractivity contribution is -0.139. The van der Waals surface area contributed by atoms with Crippen LogP contribution >= 0.6 is 11.3 Å². The summed E-state index contributed by atoms with van der Waals surface area (Å²) in [6.07, 6.45) is 1.05. The van der Waals surface area contributed by atoms with Gasteiger partial charge in [0.15, 0.2) is 0 Å². The first kappa shape index (κ1) is 19.9. The topological polar surface area (TPSA) is 73.9 Å². The molecule has 1 saturated heterocycles. The van der Waals surface area contributed by atoms with Crippen molar-refractivity contribution in [2.24, 2.45) is 0 Å². The number of thiophene rings is 1. The second-order valence-electron chi connectivity index (χ2n) is 6.64. The van der Waals surface area contributed by atoms with Crippen LogP contribution in [0.5, 0.6) is 0 Å². The van der Waals surface area contributed by atoms with Gasteiger partial charge in [-0.1, -0.05) is 0 Å². The molecule has 0 saturated carbocycles. The van der Waals surface area contributed by atoms with Gasteiger partial charge in [-0.05, 0) is 55.7 Å². The third-order valence-electron chi connectivity index (χ3n) is 4.93. The summed E-state index contributed by atoms with van der Waals surface area (Å²) in [7, 11) is 0. The van der Waals surface area contributed by atoms with E-state index in [-0.39, 0.29) is 12.0 Å². The van der Waals surface area contributed by atoms with Gasteiger partial charge in [0.2, 0.25) is 0 Å². The van der Waals surface area contributed by atoms with Gasteiger partial charge < -0.3 is 15.4 Å². The van der Waals surface area contributed by atoms with Crippen LogP contribution in [-0.2, 0) is 9.53 Å². The fraction of sp³-hybridized carbons (Fsp3) is 0.579. The van der Waals surface area contributed by atoms with Crippen molar-refractivity contribution in [3.05, 3.63) is 33.7 Å². The van der Waals surface area contributed by atoms with Crippen LogP contribution in [0.2, 0.25) is 0 Å². The van der Waals surface area contributed by atoms with Crippen LogP contribution in [-0.4, -0.2) is 67.7 Å². The summed E-state index contributed by atoms with van der Waals surface area (Å²) < 4.78 is 5.38. The molecule has 148 valence electrons. The monoisotopic (exact) mass is 392 g/mol. The summed E-state index contributed by atoms with van der Waals surface area (Å²) in [6, 6.07) is 1.32. The van der Waals surface area contributed by atoms with E-state index in [1.807, 2.05) is 23.8 Å². The fourth-order valence-electron chi connectivity index (χ4n) is 3.62. The van der Waals surface area contributed by atoms with Crippen molar-refractivity contribution in [2.45, 2.75) is 26.3 Å². The number of hydrogen-bond acceptors (Lipinski definition) is 6. The largest absolute Gasteiger partial charge is 0.463 e. The highest BCUT2D eigenvalue weighted by Crippen LogP contribution is 2.33. The second-order valence-corrected chi connectivity index (χ2v) is 7.42. The third-order valence-corrected chi connectivity index (χ3v) is 5.63. The zero-order valence-corrected chi connectivity index (χ0v) is 16.8. The molecule has 2 N–H and O–H groups in total. The first-order chi connectivity index (χ1) is 13.2. The number of urea groups is 1. The van der Waals surface area contributed by atoms with Crippen LogP contribution in [0.1, 0.15) is 31.9 Å². The quantitative estimate of drug-likeness (QED) is 0.724. The zero-order valence-electron chi connectivity index (χ0n) is 16.0. The molecule has 2 aliphatic rings. The van der Waals surface area contributed by atoms with Gasteiger partial charge in [0.25, 0.3) is 0 Å². The highest BCUT2D eigenvalue weighted by molar-refractivity contribution is 7.08. The van der Waals surface area contributed by atoms with E-state index >= 15 is 0 Å².